The van der Waals surface area contributed by atoms with Gasteiger partial charge < -0.3 is 10.2 Å². The quantitative estimate of drug-likeness (QED) is 0.379. The summed E-state index contributed by atoms with van der Waals surface area (Å²) in [6.45, 7) is 2.02. The van der Waals surface area contributed by atoms with E-state index >= 15 is 0 Å². The molecule has 4 atom stereocenters. The predicted octanol–water partition coefficient (Wildman–Crippen LogP) is 5.25. The molecule has 39 heavy (non-hydrogen) atoms. The Kier molecular flexibility index (Phi) is 5.13. The van der Waals surface area contributed by atoms with Gasteiger partial charge in [0.05, 0.1) is 12.0 Å². The fourth-order valence-corrected chi connectivity index (χ4v) is 6.74. The van der Waals surface area contributed by atoms with Gasteiger partial charge in [0.2, 0.25) is 5.91 Å². The number of ketones is 2. The Morgan fingerprint density at radius 3 is 2.46 bits per heavy atom. The average Bonchev–Trinajstić information content (AvgIpc) is 3.45. The van der Waals surface area contributed by atoms with Gasteiger partial charge in [-0.05, 0) is 48.4 Å². The number of amides is 1. The molecule has 3 aromatic carbocycles. The predicted molar refractivity (Wildman–Crippen MR) is 150 cm³/mol. The lowest BCUT2D eigenvalue weighted by Crippen LogP contribution is -2.51. The number of para-hydroxylation sites is 1. The molecule has 3 aliphatic rings. The third-order valence-corrected chi connectivity index (χ3v) is 8.31. The fraction of sp³-hybridized carbons (Fsp3) is 0.152. The number of hydrogen-bond acceptors (Lipinski definition) is 5. The number of nitrogens with one attached hydrogen (secondary N) is 1. The highest BCUT2D eigenvalue weighted by Crippen LogP contribution is 2.58. The first kappa shape index (κ1) is 23.3. The molecule has 1 aromatic heterocycles. The van der Waals surface area contributed by atoms with Crippen molar-refractivity contribution in [1.82, 2.24) is 4.98 Å². The normalized spacial score (nSPS) is 24.2. The summed E-state index contributed by atoms with van der Waals surface area (Å²) in [5.74, 6) is -1.83. The van der Waals surface area contributed by atoms with E-state index in [1.54, 1.807) is 36.5 Å². The van der Waals surface area contributed by atoms with E-state index in [0.29, 0.717) is 11.3 Å². The van der Waals surface area contributed by atoms with Crippen LogP contribution < -0.4 is 10.2 Å². The van der Waals surface area contributed by atoms with Crippen LogP contribution >= 0.6 is 0 Å². The Morgan fingerprint density at radius 2 is 1.67 bits per heavy atom. The number of carbonyl (C=O) groups excluding carboxylic acids is 3. The number of rotatable bonds is 4. The molecule has 3 aliphatic heterocycles. The minimum atomic E-state index is -1.33. The Hall–Kier alpha value is -4.84. The number of aryl methyl sites for hydroxylation is 1. The van der Waals surface area contributed by atoms with Gasteiger partial charge in [-0.15, -0.1) is 0 Å². The van der Waals surface area contributed by atoms with E-state index in [4.69, 9.17) is 0 Å². The van der Waals surface area contributed by atoms with Gasteiger partial charge in [-0.25, -0.2) is 0 Å². The summed E-state index contributed by atoms with van der Waals surface area (Å²) < 4.78 is 0. The molecule has 1 N–H and O–H groups in total. The molecule has 4 unspecified atom stereocenters. The number of hydrogen-bond donors (Lipinski definition) is 1. The lowest BCUT2D eigenvalue weighted by molar-refractivity contribution is -0.121. The summed E-state index contributed by atoms with van der Waals surface area (Å²) in [6.07, 6.45) is 5.56. The molecule has 190 valence electrons. The van der Waals surface area contributed by atoms with Crippen molar-refractivity contribution in [2.75, 3.05) is 10.2 Å². The summed E-state index contributed by atoms with van der Waals surface area (Å²) in [5.41, 5.74) is 3.64. The van der Waals surface area contributed by atoms with Crippen molar-refractivity contribution in [2.24, 2.45) is 5.92 Å². The van der Waals surface area contributed by atoms with Gasteiger partial charge in [0.1, 0.15) is 17.2 Å². The molecule has 6 nitrogen and oxygen atoms in total. The van der Waals surface area contributed by atoms with E-state index in [2.05, 4.69) is 16.4 Å². The third kappa shape index (κ3) is 3.21. The molecule has 1 spiro atoms. The monoisotopic (exact) mass is 511 g/mol. The summed E-state index contributed by atoms with van der Waals surface area (Å²) in [4.78, 5) is 49.7. The number of carbonyl (C=O) groups is 3. The summed E-state index contributed by atoms with van der Waals surface area (Å²) in [6, 6.07) is 26.2. The maximum absolute atomic E-state index is 14.6. The van der Waals surface area contributed by atoms with Crippen molar-refractivity contribution in [2.45, 2.75) is 24.4 Å². The molecular formula is C33H25N3O3. The van der Waals surface area contributed by atoms with Crippen molar-refractivity contribution >= 4 is 34.9 Å². The number of nitrogens with zero attached hydrogens (tertiary/aromatic N) is 2. The van der Waals surface area contributed by atoms with Gasteiger partial charge >= 0.3 is 0 Å². The van der Waals surface area contributed by atoms with E-state index in [0.717, 1.165) is 22.4 Å². The van der Waals surface area contributed by atoms with Crippen LogP contribution in [0.3, 0.4) is 0 Å². The van der Waals surface area contributed by atoms with Crippen molar-refractivity contribution in [3.8, 4) is 0 Å². The van der Waals surface area contributed by atoms with E-state index in [-0.39, 0.29) is 23.2 Å². The highest BCUT2D eigenvalue weighted by molar-refractivity contribution is 6.18. The molecule has 1 saturated heterocycles. The Balaban J connectivity index is 1.55. The number of fused-ring (bicyclic) bond motifs is 6. The van der Waals surface area contributed by atoms with Gasteiger partial charge in [-0.2, -0.15) is 0 Å². The van der Waals surface area contributed by atoms with Crippen LogP contribution in [-0.2, 0) is 10.2 Å². The molecular weight excluding hydrogens is 486 g/mol. The van der Waals surface area contributed by atoms with Crippen molar-refractivity contribution < 1.29 is 14.4 Å². The fourth-order valence-electron chi connectivity index (χ4n) is 6.74. The van der Waals surface area contributed by atoms with Crippen LogP contribution in [-0.4, -0.2) is 34.5 Å². The molecule has 7 rings (SSSR count). The summed E-state index contributed by atoms with van der Waals surface area (Å²) >= 11 is 0. The maximum atomic E-state index is 14.6. The summed E-state index contributed by atoms with van der Waals surface area (Å²) in [7, 11) is 0. The van der Waals surface area contributed by atoms with Crippen LogP contribution in [0.5, 0.6) is 0 Å². The molecule has 0 aliphatic carbocycles. The lowest BCUT2D eigenvalue weighted by Gasteiger charge is -2.37. The molecule has 4 aromatic rings. The van der Waals surface area contributed by atoms with Gasteiger partial charge in [0, 0.05) is 23.1 Å². The van der Waals surface area contributed by atoms with Gasteiger partial charge in [0.25, 0.3) is 0 Å². The van der Waals surface area contributed by atoms with Gasteiger partial charge in [0.15, 0.2) is 11.6 Å². The van der Waals surface area contributed by atoms with Crippen molar-refractivity contribution in [3.63, 3.8) is 0 Å². The Morgan fingerprint density at radius 1 is 0.897 bits per heavy atom. The van der Waals surface area contributed by atoms with Crippen molar-refractivity contribution in [1.29, 1.82) is 0 Å². The largest absolute Gasteiger partial charge is 0.352 e. The van der Waals surface area contributed by atoms with Crippen LogP contribution in [0.2, 0.25) is 0 Å². The van der Waals surface area contributed by atoms with Gasteiger partial charge in [-0.1, -0.05) is 78.4 Å². The minimum Gasteiger partial charge on any atom is -0.352 e. The minimum absolute atomic E-state index is 0.203. The molecule has 6 heteroatoms. The second-order valence-electron chi connectivity index (χ2n) is 10.4. The molecule has 4 heterocycles. The molecule has 0 radical (unpaired) electrons. The number of anilines is 2. The number of Topliss-reactive ketones (excluding diaryl/α,β-unsaturated/α-hetero) is 2. The van der Waals surface area contributed by atoms with E-state index in [9.17, 15) is 14.4 Å². The SMILES string of the molecule is Cc1ccc2c(c1)C=CC1N2C(C(=O)c2ccccc2)C(C(=O)c2ccccn2)C12C(=O)Nc1ccccc12. The number of benzene rings is 3. The molecule has 0 saturated carbocycles. The van der Waals surface area contributed by atoms with Crippen LogP contribution in [0.1, 0.15) is 37.5 Å². The second kappa shape index (κ2) is 8.60. The smallest absolute Gasteiger partial charge is 0.238 e. The van der Waals surface area contributed by atoms with E-state index < -0.39 is 23.4 Å². The average molecular weight is 512 g/mol. The van der Waals surface area contributed by atoms with Crippen LogP contribution in [0.4, 0.5) is 11.4 Å². The van der Waals surface area contributed by atoms with E-state index in [1.165, 1.54) is 0 Å². The third-order valence-electron chi connectivity index (χ3n) is 8.31. The number of aromatic nitrogens is 1. The van der Waals surface area contributed by atoms with Crippen molar-refractivity contribution in [3.05, 3.63) is 131 Å². The first-order chi connectivity index (χ1) is 19.0. The molecule has 1 amide bonds. The second-order valence-corrected chi connectivity index (χ2v) is 10.4. The van der Waals surface area contributed by atoms with E-state index in [1.807, 2.05) is 78.6 Å². The molecule has 0 bridgehead atoms. The first-order valence-corrected chi connectivity index (χ1v) is 13.0. The highest BCUT2D eigenvalue weighted by Gasteiger charge is 2.70. The van der Waals surface area contributed by atoms with Gasteiger partial charge in [-0.3, -0.25) is 19.4 Å². The highest BCUT2D eigenvalue weighted by atomic mass is 16.2. The van der Waals surface area contributed by atoms with Crippen LogP contribution in [0.15, 0.2) is 103 Å². The lowest BCUT2D eigenvalue weighted by atomic mass is 9.64. The van der Waals surface area contributed by atoms with Crippen LogP contribution in [0, 0.1) is 12.8 Å². The Labute approximate surface area is 226 Å². The Bertz CT molecular complexity index is 1680. The topological polar surface area (TPSA) is 79.4 Å². The number of pyridine rings is 1. The zero-order chi connectivity index (χ0) is 26.7. The zero-order valence-corrected chi connectivity index (χ0v) is 21.2. The maximum Gasteiger partial charge on any atom is 0.238 e. The zero-order valence-electron chi connectivity index (χ0n) is 21.2. The standard InChI is InChI=1S/C33H25N3O3/c1-20-14-16-26-22(19-20)15-17-27-33(23-11-5-6-12-24(23)35-32(33)39)28(31(38)25-13-7-8-18-34-25)29(36(26)27)30(37)21-9-3-2-4-10-21/h2-19,27-29H,1H3,(H,35,39). The summed E-state index contributed by atoms with van der Waals surface area (Å²) in [5, 5.41) is 3.05. The van der Waals surface area contributed by atoms with Crippen LogP contribution in [0.25, 0.3) is 6.08 Å². The molecule has 1 fully saturated rings. The first-order valence-electron chi connectivity index (χ1n) is 13.0.